The fourth-order valence-electron chi connectivity index (χ4n) is 5.08. The van der Waals surface area contributed by atoms with Gasteiger partial charge in [-0.3, -0.25) is 9.59 Å². The summed E-state index contributed by atoms with van der Waals surface area (Å²) in [7, 11) is 6.73. The van der Waals surface area contributed by atoms with Gasteiger partial charge in [-0.1, -0.05) is 90.4 Å². The van der Waals surface area contributed by atoms with E-state index in [1.165, 1.54) is 83.6 Å². The highest BCUT2D eigenvalue weighted by Crippen LogP contribution is 2.12. The first kappa shape index (κ1) is 39.4. The maximum absolute atomic E-state index is 12.5. The molecule has 0 saturated carbocycles. The minimum atomic E-state index is -0.605. The molecule has 0 aliphatic heterocycles. The fourth-order valence-corrected chi connectivity index (χ4v) is 5.08. The lowest BCUT2D eigenvalue weighted by Crippen LogP contribution is -2.41. The van der Waals surface area contributed by atoms with Crippen molar-refractivity contribution in [1.82, 2.24) is 10.6 Å². The van der Waals surface area contributed by atoms with Crippen molar-refractivity contribution >= 4 is 17.8 Å². The van der Waals surface area contributed by atoms with Crippen LogP contribution in [0.5, 0.6) is 0 Å². The molecule has 0 fully saturated rings. The number of esters is 1. The summed E-state index contributed by atoms with van der Waals surface area (Å²) in [5.41, 5.74) is 0. The molecule has 0 aromatic carbocycles. The van der Waals surface area contributed by atoms with Gasteiger partial charge in [-0.25, -0.2) is 4.79 Å². The van der Waals surface area contributed by atoms with Gasteiger partial charge in [-0.05, 0) is 51.9 Å². The van der Waals surface area contributed by atoms with E-state index < -0.39 is 6.04 Å². The molecule has 0 spiro atoms. The topological polar surface area (TPSA) is 84.5 Å². The normalized spacial score (nSPS) is 12.2. The Morgan fingerprint density at radius 3 is 1.61 bits per heavy atom. The zero-order valence-electron chi connectivity index (χ0n) is 27.8. The SMILES string of the molecule is CCCCCCCCCCCC(=O)NCCCCC(NC(=O)CCCCCCCCCC[N+](C)(C)C)C(=O)OCC. The number of carbonyl (C=O) groups is 3. The highest BCUT2D eigenvalue weighted by Gasteiger charge is 2.21. The van der Waals surface area contributed by atoms with Crippen LogP contribution in [0.1, 0.15) is 155 Å². The molecular formula is C34H68N3O4+. The van der Waals surface area contributed by atoms with Crippen LogP contribution in [0.3, 0.4) is 0 Å². The molecule has 1 unspecified atom stereocenters. The summed E-state index contributed by atoms with van der Waals surface area (Å²) in [6.07, 6.45) is 23.8. The summed E-state index contributed by atoms with van der Waals surface area (Å²) in [5, 5.41) is 5.89. The van der Waals surface area contributed by atoms with E-state index in [2.05, 4.69) is 38.7 Å². The molecule has 0 bridgehead atoms. The average molecular weight is 583 g/mol. The van der Waals surface area contributed by atoms with Crippen LogP contribution in [0.25, 0.3) is 0 Å². The van der Waals surface area contributed by atoms with Gasteiger partial charge >= 0.3 is 5.97 Å². The van der Waals surface area contributed by atoms with Crippen LogP contribution in [0, 0.1) is 0 Å². The molecule has 0 radical (unpaired) electrons. The smallest absolute Gasteiger partial charge is 0.328 e. The number of nitrogens with one attached hydrogen (secondary N) is 2. The molecule has 2 N–H and O–H groups in total. The lowest BCUT2D eigenvalue weighted by molar-refractivity contribution is -0.870. The van der Waals surface area contributed by atoms with Gasteiger partial charge in [-0.2, -0.15) is 0 Å². The predicted molar refractivity (Wildman–Crippen MR) is 172 cm³/mol. The zero-order chi connectivity index (χ0) is 30.6. The van der Waals surface area contributed by atoms with E-state index in [0.717, 1.165) is 49.4 Å². The number of hydrogen-bond donors (Lipinski definition) is 2. The summed E-state index contributed by atoms with van der Waals surface area (Å²) >= 11 is 0. The lowest BCUT2D eigenvalue weighted by atomic mass is 10.1. The van der Waals surface area contributed by atoms with Crippen LogP contribution in [0.15, 0.2) is 0 Å². The van der Waals surface area contributed by atoms with Crippen molar-refractivity contribution in [2.24, 2.45) is 0 Å². The quantitative estimate of drug-likeness (QED) is 0.0545. The number of hydrogen-bond acceptors (Lipinski definition) is 4. The second kappa shape index (κ2) is 27.2. The molecule has 0 rings (SSSR count). The molecule has 0 aromatic rings. The number of ether oxygens (including phenoxy) is 1. The van der Waals surface area contributed by atoms with Gasteiger partial charge in [0.25, 0.3) is 0 Å². The summed E-state index contributed by atoms with van der Waals surface area (Å²) < 4.78 is 6.23. The van der Waals surface area contributed by atoms with E-state index in [1.807, 2.05) is 0 Å². The Bertz CT molecular complexity index is 648. The third kappa shape index (κ3) is 28.3. The Hall–Kier alpha value is -1.63. The summed E-state index contributed by atoms with van der Waals surface area (Å²) in [6, 6.07) is -0.605. The zero-order valence-corrected chi connectivity index (χ0v) is 27.8. The Morgan fingerprint density at radius 2 is 1.10 bits per heavy atom. The maximum atomic E-state index is 12.5. The number of amides is 2. The molecule has 1 atom stereocenters. The van der Waals surface area contributed by atoms with Crippen LogP contribution >= 0.6 is 0 Å². The van der Waals surface area contributed by atoms with Crippen LogP contribution in [-0.2, 0) is 19.1 Å². The number of rotatable bonds is 29. The Labute approximate surface area is 253 Å². The van der Waals surface area contributed by atoms with Gasteiger partial charge in [0, 0.05) is 19.4 Å². The van der Waals surface area contributed by atoms with E-state index >= 15 is 0 Å². The van der Waals surface area contributed by atoms with Gasteiger partial charge < -0.3 is 19.9 Å². The fraction of sp³-hybridized carbons (Fsp3) is 0.912. The molecule has 0 aliphatic carbocycles. The van der Waals surface area contributed by atoms with Crippen molar-refractivity contribution in [3.05, 3.63) is 0 Å². The Morgan fingerprint density at radius 1 is 0.610 bits per heavy atom. The second-order valence-electron chi connectivity index (χ2n) is 12.9. The molecule has 242 valence electrons. The van der Waals surface area contributed by atoms with E-state index in [4.69, 9.17) is 4.74 Å². The van der Waals surface area contributed by atoms with Crippen LogP contribution in [0.2, 0.25) is 0 Å². The molecule has 0 saturated heterocycles. The Kier molecular flexibility index (Phi) is 26.1. The van der Waals surface area contributed by atoms with Gasteiger partial charge in [0.2, 0.25) is 11.8 Å². The first-order chi connectivity index (χ1) is 19.7. The highest BCUT2D eigenvalue weighted by molar-refractivity contribution is 5.84. The van der Waals surface area contributed by atoms with E-state index in [-0.39, 0.29) is 17.8 Å². The largest absolute Gasteiger partial charge is 0.464 e. The molecule has 0 aliphatic rings. The minimum Gasteiger partial charge on any atom is -0.464 e. The molecule has 2 amide bonds. The van der Waals surface area contributed by atoms with Crippen molar-refractivity contribution in [3.63, 3.8) is 0 Å². The third-order valence-electron chi connectivity index (χ3n) is 7.64. The molecule has 0 aromatic heterocycles. The molecular weight excluding hydrogens is 514 g/mol. The second-order valence-corrected chi connectivity index (χ2v) is 12.9. The standard InChI is InChI=1S/C34H67N3O4/c1-6-8-9-10-11-12-15-18-21-27-32(38)35-29-24-23-26-31(34(40)41-7-2)36-33(39)28-22-19-16-13-14-17-20-25-30-37(3,4)5/h31H,6-30H2,1-5H3,(H-,35,36,38,39)/p+1. The average Bonchev–Trinajstić information content (AvgIpc) is 2.91. The Balaban J connectivity index is 3.91. The molecule has 0 heterocycles. The van der Waals surface area contributed by atoms with E-state index in [9.17, 15) is 14.4 Å². The molecule has 7 nitrogen and oxygen atoms in total. The number of nitrogens with zero attached hydrogens (tertiary/aromatic N) is 1. The van der Waals surface area contributed by atoms with Gasteiger partial charge in [0.05, 0.1) is 34.3 Å². The predicted octanol–water partition coefficient (Wildman–Crippen LogP) is 7.46. The van der Waals surface area contributed by atoms with Crippen molar-refractivity contribution < 1.29 is 23.6 Å². The number of unbranched alkanes of at least 4 members (excludes halogenated alkanes) is 16. The van der Waals surface area contributed by atoms with E-state index in [0.29, 0.717) is 32.4 Å². The summed E-state index contributed by atoms with van der Waals surface area (Å²) in [5.74, 6) is -0.318. The maximum Gasteiger partial charge on any atom is 0.328 e. The van der Waals surface area contributed by atoms with Crippen LogP contribution < -0.4 is 10.6 Å². The van der Waals surface area contributed by atoms with Gasteiger partial charge in [-0.15, -0.1) is 0 Å². The van der Waals surface area contributed by atoms with Crippen molar-refractivity contribution in [2.75, 3.05) is 40.8 Å². The van der Waals surface area contributed by atoms with E-state index in [1.54, 1.807) is 6.92 Å². The van der Waals surface area contributed by atoms with Crippen molar-refractivity contribution in [1.29, 1.82) is 0 Å². The minimum absolute atomic E-state index is 0.0716. The van der Waals surface area contributed by atoms with Crippen molar-refractivity contribution in [3.8, 4) is 0 Å². The monoisotopic (exact) mass is 583 g/mol. The van der Waals surface area contributed by atoms with Crippen molar-refractivity contribution in [2.45, 2.75) is 161 Å². The van der Waals surface area contributed by atoms with Gasteiger partial charge in [0.15, 0.2) is 0 Å². The van der Waals surface area contributed by atoms with Crippen LogP contribution in [0.4, 0.5) is 0 Å². The number of carbonyl (C=O) groups excluding carboxylic acids is 3. The molecule has 7 heteroatoms. The van der Waals surface area contributed by atoms with Gasteiger partial charge in [0.1, 0.15) is 6.04 Å². The first-order valence-electron chi connectivity index (χ1n) is 17.2. The number of quaternary nitrogens is 1. The third-order valence-corrected chi connectivity index (χ3v) is 7.64. The summed E-state index contributed by atoms with van der Waals surface area (Å²) in [4.78, 5) is 37.0. The van der Waals surface area contributed by atoms with Crippen LogP contribution in [-0.4, -0.2) is 69.1 Å². The first-order valence-corrected chi connectivity index (χ1v) is 17.2. The highest BCUT2D eigenvalue weighted by atomic mass is 16.5. The lowest BCUT2D eigenvalue weighted by Gasteiger charge is -2.23. The summed E-state index contributed by atoms with van der Waals surface area (Å²) in [6.45, 7) is 6.17. The molecule has 41 heavy (non-hydrogen) atoms.